The van der Waals surface area contributed by atoms with E-state index in [1.807, 2.05) is 12.3 Å². The minimum absolute atomic E-state index is 0.162. The van der Waals surface area contributed by atoms with E-state index in [0.717, 1.165) is 86.5 Å². The van der Waals surface area contributed by atoms with Crippen molar-refractivity contribution in [2.45, 2.75) is 74.7 Å². The van der Waals surface area contributed by atoms with Crippen molar-refractivity contribution in [3.8, 4) is 50.9 Å². The van der Waals surface area contributed by atoms with Gasteiger partial charge in [0.05, 0.1) is 33.4 Å². The minimum Gasteiger partial charge on any atom is -0.458 e. The van der Waals surface area contributed by atoms with E-state index in [1.165, 1.54) is 33.2 Å². The Bertz CT molecular complexity index is 3350. The van der Waals surface area contributed by atoms with Crippen LogP contribution in [0.5, 0.6) is 11.5 Å². The molecule has 3 aromatic heterocycles. The van der Waals surface area contributed by atoms with Crippen LogP contribution >= 0.6 is 0 Å². The zero-order chi connectivity index (χ0) is 46.5. The van der Waals surface area contributed by atoms with Crippen LogP contribution in [0.4, 0.5) is 0 Å². The van der Waals surface area contributed by atoms with Crippen molar-refractivity contribution < 1.29 is 9.30 Å². The highest BCUT2D eigenvalue weighted by molar-refractivity contribution is 6.09. The van der Waals surface area contributed by atoms with Crippen molar-refractivity contribution in [2.24, 2.45) is 16.7 Å². The summed E-state index contributed by atoms with van der Waals surface area (Å²) in [6, 6.07) is 61.2. The number of aromatic nitrogens is 4. The number of fused-ring (bicyclic) bond motifs is 4. The second kappa shape index (κ2) is 17.5. The second-order valence-electron chi connectivity index (χ2n) is 21.1. The Kier molecular flexibility index (Phi) is 11.4. The lowest BCUT2D eigenvalue weighted by molar-refractivity contribution is -0.571. The summed E-state index contributed by atoms with van der Waals surface area (Å²) in [6.45, 7) is 18.4. The molecule has 0 saturated heterocycles. The lowest BCUT2D eigenvalue weighted by atomic mass is 9.86. The van der Waals surface area contributed by atoms with Gasteiger partial charge in [0, 0.05) is 23.0 Å². The predicted molar refractivity (Wildman–Crippen MR) is 278 cm³/mol. The Morgan fingerprint density at radius 3 is 1.85 bits per heavy atom. The van der Waals surface area contributed by atoms with Gasteiger partial charge in [-0.05, 0) is 123 Å². The van der Waals surface area contributed by atoms with E-state index in [1.54, 1.807) is 0 Å². The Morgan fingerprint density at radius 2 is 1.16 bits per heavy atom. The highest BCUT2D eigenvalue weighted by Crippen LogP contribution is 2.38. The molecule has 334 valence electrons. The number of hydrogen-bond acceptors (Lipinski definition) is 2. The Hall–Kier alpha value is -7.24. The first-order valence-corrected chi connectivity index (χ1v) is 23.8. The molecule has 0 radical (unpaired) electrons. The number of pyridine rings is 1. The van der Waals surface area contributed by atoms with Crippen molar-refractivity contribution in [3.05, 3.63) is 199 Å². The van der Waals surface area contributed by atoms with Crippen LogP contribution in [0.3, 0.4) is 0 Å². The van der Waals surface area contributed by atoms with Gasteiger partial charge in [-0.1, -0.05) is 171 Å². The molecule has 0 spiro atoms. The molecule has 0 N–H and O–H groups in total. The van der Waals surface area contributed by atoms with E-state index in [2.05, 4.69) is 239 Å². The molecule has 0 bridgehead atoms. The molecule has 3 heterocycles. The fraction of sp³-hybridized carbons (Fsp3) is 0.226. The quantitative estimate of drug-likeness (QED) is 0.0959. The highest BCUT2D eigenvalue weighted by Gasteiger charge is 2.22. The average Bonchev–Trinajstić information content (AvgIpc) is 3.84. The monoisotopic (exact) mass is 876 g/mol. The first-order chi connectivity index (χ1) is 32.2. The topological polar surface area (TPSA) is 35.9 Å². The van der Waals surface area contributed by atoms with E-state index in [0.29, 0.717) is 5.92 Å². The Labute approximate surface area is 396 Å². The summed E-state index contributed by atoms with van der Waals surface area (Å²) in [7, 11) is 0. The smallest absolute Gasteiger partial charge is 0.269 e. The summed E-state index contributed by atoms with van der Waals surface area (Å²) >= 11 is 0. The van der Waals surface area contributed by atoms with Crippen LogP contribution in [0.25, 0.3) is 72.3 Å². The van der Waals surface area contributed by atoms with Crippen LogP contribution in [0.2, 0.25) is 0 Å². The van der Waals surface area contributed by atoms with Gasteiger partial charge in [-0.2, -0.15) is 0 Å². The standard InChI is InChI=1S/C62H60N4O/c1-42(2)33-43-31-32-63-59(36-43)66-55-26-10-9-23-53(55)54-30-29-50(38-58(54)66)67-49-22-15-21-48(37-49)64-41-65(57-28-12-11-27-56(57)64)60-51(46-19-13-17-44(34-46)39-61(3,4)5)24-16-25-52(60)47-20-14-18-45(35-47)40-62(6,7)8/h9-32,34-38,42H,33,39-40H2,1-8H3. The van der Waals surface area contributed by atoms with Gasteiger partial charge in [0.25, 0.3) is 6.33 Å². The van der Waals surface area contributed by atoms with E-state index in [9.17, 15) is 0 Å². The molecule has 10 aromatic rings. The maximum Gasteiger partial charge on any atom is 0.269 e. The molecule has 0 amide bonds. The molecule has 7 aromatic carbocycles. The highest BCUT2D eigenvalue weighted by atomic mass is 16.5. The Morgan fingerprint density at radius 1 is 0.552 bits per heavy atom. The fourth-order valence-corrected chi connectivity index (χ4v) is 9.85. The molecule has 0 aliphatic rings. The summed E-state index contributed by atoms with van der Waals surface area (Å²) in [6.07, 6.45) is 8.79. The normalized spacial score (nSPS) is 12.2. The molecule has 5 heteroatoms. The number of imidazole rings is 1. The van der Waals surface area contributed by atoms with Crippen LogP contribution in [0, 0.1) is 23.1 Å². The summed E-state index contributed by atoms with van der Waals surface area (Å²) in [5.41, 5.74) is 15.3. The first kappa shape index (κ1) is 43.6. The molecule has 0 aliphatic heterocycles. The number of hydrogen-bond donors (Lipinski definition) is 0. The van der Waals surface area contributed by atoms with Gasteiger partial charge < -0.3 is 4.74 Å². The van der Waals surface area contributed by atoms with Crippen molar-refractivity contribution in [2.75, 3.05) is 0 Å². The third-order valence-corrected chi connectivity index (χ3v) is 12.4. The summed E-state index contributed by atoms with van der Waals surface area (Å²) in [4.78, 5) is 4.89. The number of ether oxygens (including phenoxy) is 1. The van der Waals surface area contributed by atoms with Gasteiger partial charge in [0.1, 0.15) is 17.3 Å². The molecule has 10 rings (SSSR count). The summed E-state index contributed by atoms with van der Waals surface area (Å²) in [5.74, 6) is 2.95. The third-order valence-electron chi connectivity index (χ3n) is 12.4. The van der Waals surface area contributed by atoms with E-state index < -0.39 is 0 Å². The van der Waals surface area contributed by atoms with Crippen molar-refractivity contribution in [1.29, 1.82) is 0 Å². The molecular formula is C62H60N4O. The molecule has 0 aliphatic carbocycles. The molecule has 67 heavy (non-hydrogen) atoms. The predicted octanol–water partition coefficient (Wildman–Crippen LogP) is 15.7. The SMILES string of the molecule is CC(C)Cc1ccnc(-n2c3ccccc3c3ccc(Oc4cccc(-n5[c-][n+](-c6c(-c7cccc(CC(C)(C)C)c7)cccc6-c6cccc(CC(C)(C)C)c6)c6ccccc65)c4)cc32)c1. The Balaban J connectivity index is 1.09. The number of benzene rings is 7. The van der Waals surface area contributed by atoms with Gasteiger partial charge in [-0.15, -0.1) is 0 Å². The molecule has 0 fully saturated rings. The van der Waals surface area contributed by atoms with E-state index in [-0.39, 0.29) is 10.8 Å². The maximum absolute atomic E-state index is 6.79. The van der Waals surface area contributed by atoms with Gasteiger partial charge in [0.2, 0.25) is 0 Å². The fourth-order valence-electron chi connectivity index (χ4n) is 9.85. The van der Waals surface area contributed by atoms with Crippen LogP contribution in [0.15, 0.2) is 176 Å². The molecule has 0 unspecified atom stereocenters. The molecule has 0 saturated carbocycles. The van der Waals surface area contributed by atoms with Gasteiger partial charge in [-0.3, -0.25) is 13.7 Å². The van der Waals surface area contributed by atoms with Gasteiger partial charge in [0.15, 0.2) is 0 Å². The van der Waals surface area contributed by atoms with Crippen molar-refractivity contribution in [3.63, 3.8) is 0 Å². The minimum atomic E-state index is 0.162. The largest absolute Gasteiger partial charge is 0.458 e. The van der Waals surface area contributed by atoms with Crippen LogP contribution in [0.1, 0.15) is 72.1 Å². The lowest BCUT2D eigenvalue weighted by Gasteiger charge is -2.21. The lowest BCUT2D eigenvalue weighted by Crippen LogP contribution is -2.31. The zero-order valence-electron chi connectivity index (χ0n) is 40.1. The maximum atomic E-state index is 6.79. The average molecular weight is 877 g/mol. The first-order valence-electron chi connectivity index (χ1n) is 23.8. The third kappa shape index (κ3) is 9.16. The summed E-state index contributed by atoms with van der Waals surface area (Å²) in [5, 5.41) is 2.35. The summed E-state index contributed by atoms with van der Waals surface area (Å²) < 4.78 is 13.5. The van der Waals surface area contributed by atoms with Crippen LogP contribution in [-0.2, 0) is 19.3 Å². The molecule has 5 nitrogen and oxygen atoms in total. The zero-order valence-corrected chi connectivity index (χ0v) is 40.1. The van der Waals surface area contributed by atoms with Gasteiger partial charge in [-0.25, -0.2) is 4.98 Å². The van der Waals surface area contributed by atoms with Crippen LogP contribution < -0.4 is 9.30 Å². The van der Waals surface area contributed by atoms with E-state index >= 15 is 0 Å². The molecule has 0 atom stereocenters. The van der Waals surface area contributed by atoms with E-state index in [4.69, 9.17) is 9.72 Å². The van der Waals surface area contributed by atoms with Crippen molar-refractivity contribution in [1.82, 2.24) is 14.1 Å². The second-order valence-corrected chi connectivity index (χ2v) is 21.1. The van der Waals surface area contributed by atoms with Crippen LogP contribution in [-0.4, -0.2) is 14.1 Å². The van der Waals surface area contributed by atoms with Crippen molar-refractivity contribution >= 4 is 32.8 Å². The molecular weight excluding hydrogens is 817 g/mol. The number of para-hydroxylation sites is 4. The van der Waals surface area contributed by atoms with Gasteiger partial charge >= 0.3 is 0 Å². The number of nitrogens with zero attached hydrogens (tertiary/aromatic N) is 4. The number of rotatable bonds is 11.